The topological polar surface area (TPSA) is 38.8 Å². The van der Waals surface area contributed by atoms with E-state index < -0.39 is 0 Å². The summed E-state index contributed by atoms with van der Waals surface area (Å²) in [7, 11) is 2.07. The van der Waals surface area contributed by atoms with Gasteiger partial charge in [-0.2, -0.15) is 0 Å². The second-order valence-electron chi connectivity index (χ2n) is 4.07. The molecule has 0 radical (unpaired) electrons. The molecule has 3 nitrogen and oxygen atoms in total. The van der Waals surface area contributed by atoms with Gasteiger partial charge in [0, 0.05) is 6.92 Å². The Kier molecular flexibility index (Phi) is 3.85. The molecule has 1 N–H and O–H groups in total. The molecule has 86 valence electrons. The van der Waals surface area contributed by atoms with Crippen LogP contribution in [-0.4, -0.2) is 10.0 Å². The molecule has 0 aliphatic heterocycles. The zero-order chi connectivity index (χ0) is 10.8. The van der Waals surface area contributed by atoms with Gasteiger partial charge in [0.25, 0.3) is 5.82 Å². The van der Waals surface area contributed by atoms with Crippen molar-refractivity contribution in [3.8, 4) is 0 Å². The van der Waals surface area contributed by atoms with Gasteiger partial charge in [-0.3, -0.25) is 0 Å². The summed E-state index contributed by atoms with van der Waals surface area (Å²) in [6, 6.07) is 8.70. The minimum absolute atomic E-state index is 0. The average Bonchev–Trinajstić information content (AvgIpc) is 2.53. The molecular weight excluding hydrogens is 200 g/mol. The van der Waals surface area contributed by atoms with E-state index in [1.165, 1.54) is 17.0 Å². The Balaban J connectivity index is 0.00000128. The van der Waals surface area contributed by atoms with Crippen LogP contribution in [0.4, 0.5) is 0 Å². The fraction of sp³-hybridized carbons (Fsp3) is 0.308. The summed E-state index contributed by atoms with van der Waals surface area (Å²) in [6.45, 7) is 5.20. The molecule has 3 heteroatoms. The molecule has 0 fully saturated rings. The van der Waals surface area contributed by atoms with Gasteiger partial charge in [0.2, 0.25) is 0 Å². The zero-order valence-electron chi connectivity index (χ0n) is 10.0. The fourth-order valence-corrected chi connectivity index (χ4v) is 1.66. The molecule has 0 saturated carbocycles. The lowest BCUT2D eigenvalue weighted by Gasteiger charge is -2.00. The van der Waals surface area contributed by atoms with E-state index in [-0.39, 0.29) is 5.48 Å². The standard InChI is InChI=1S/C13H17N2.H2O/c1-11-4-6-13(7-5-11)10-15-9-8-14(3)12(15)2;/h4-9H,10H2,1-3H3;1H2/q+1;/p-1. The quantitative estimate of drug-likeness (QED) is 0.708. The molecule has 2 rings (SSSR count). The Morgan fingerprint density at radius 3 is 2.25 bits per heavy atom. The number of aryl methyl sites for hydroxylation is 2. The van der Waals surface area contributed by atoms with E-state index in [4.69, 9.17) is 0 Å². The summed E-state index contributed by atoms with van der Waals surface area (Å²) in [5.41, 5.74) is 2.66. The van der Waals surface area contributed by atoms with Gasteiger partial charge >= 0.3 is 0 Å². The highest BCUT2D eigenvalue weighted by atomic mass is 16.0. The third-order valence-corrected chi connectivity index (χ3v) is 2.87. The van der Waals surface area contributed by atoms with Crippen molar-refractivity contribution in [2.45, 2.75) is 20.4 Å². The molecule has 0 aliphatic carbocycles. The normalized spacial score (nSPS) is 9.94. The van der Waals surface area contributed by atoms with E-state index in [0.717, 1.165) is 6.54 Å². The third-order valence-electron chi connectivity index (χ3n) is 2.87. The SMILES string of the molecule is Cc1ccc(Cn2cc[n+](C)c2C)cc1.[OH-]. The van der Waals surface area contributed by atoms with Crippen LogP contribution in [0.5, 0.6) is 0 Å². The first-order valence-electron chi connectivity index (χ1n) is 5.24. The summed E-state index contributed by atoms with van der Waals surface area (Å²) >= 11 is 0. The summed E-state index contributed by atoms with van der Waals surface area (Å²) < 4.78 is 4.39. The summed E-state index contributed by atoms with van der Waals surface area (Å²) in [6.07, 6.45) is 4.21. The van der Waals surface area contributed by atoms with Gasteiger partial charge in [-0.25, -0.2) is 9.13 Å². The lowest BCUT2D eigenvalue weighted by atomic mass is 10.1. The molecule has 1 heterocycles. The summed E-state index contributed by atoms with van der Waals surface area (Å²) in [5.74, 6) is 1.27. The number of nitrogens with zero attached hydrogens (tertiary/aromatic N) is 2. The van der Waals surface area contributed by atoms with Crippen LogP contribution in [0.1, 0.15) is 17.0 Å². The maximum Gasteiger partial charge on any atom is 0.253 e. The van der Waals surface area contributed by atoms with E-state index in [0.29, 0.717) is 0 Å². The molecule has 0 saturated heterocycles. The molecule has 0 bridgehead atoms. The Morgan fingerprint density at radius 1 is 1.12 bits per heavy atom. The molecule has 0 amide bonds. The monoisotopic (exact) mass is 218 g/mol. The minimum atomic E-state index is 0. The highest BCUT2D eigenvalue weighted by Crippen LogP contribution is 2.06. The van der Waals surface area contributed by atoms with E-state index in [1.807, 2.05) is 0 Å². The maximum atomic E-state index is 2.25. The smallest absolute Gasteiger partial charge is 0.253 e. The molecule has 2 aromatic rings. The summed E-state index contributed by atoms with van der Waals surface area (Å²) in [4.78, 5) is 0. The van der Waals surface area contributed by atoms with Crippen molar-refractivity contribution in [1.82, 2.24) is 4.57 Å². The Bertz CT molecular complexity index is 457. The first kappa shape index (κ1) is 12.5. The van der Waals surface area contributed by atoms with Crippen LogP contribution < -0.4 is 4.57 Å². The second kappa shape index (κ2) is 4.94. The average molecular weight is 218 g/mol. The maximum absolute atomic E-state index is 2.25. The van der Waals surface area contributed by atoms with Crippen LogP contribution in [0, 0.1) is 13.8 Å². The Labute approximate surface area is 96.3 Å². The van der Waals surface area contributed by atoms with Crippen LogP contribution in [-0.2, 0) is 13.6 Å². The molecule has 0 atom stereocenters. The molecule has 1 aromatic heterocycles. The fourth-order valence-electron chi connectivity index (χ4n) is 1.66. The molecule has 0 aliphatic rings. The van der Waals surface area contributed by atoms with Crippen molar-refractivity contribution in [2.24, 2.45) is 7.05 Å². The lowest BCUT2D eigenvalue weighted by molar-refractivity contribution is -0.677. The van der Waals surface area contributed by atoms with E-state index >= 15 is 0 Å². The Hall–Kier alpha value is -1.61. The second-order valence-corrected chi connectivity index (χ2v) is 4.07. The number of hydrogen-bond acceptors (Lipinski definition) is 1. The van der Waals surface area contributed by atoms with Crippen molar-refractivity contribution < 1.29 is 10.0 Å². The van der Waals surface area contributed by atoms with Crippen LogP contribution >= 0.6 is 0 Å². The van der Waals surface area contributed by atoms with Gasteiger partial charge in [0.05, 0.1) is 7.05 Å². The lowest BCUT2D eigenvalue weighted by Crippen LogP contribution is -2.29. The molecule has 0 unspecified atom stereocenters. The van der Waals surface area contributed by atoms with Crippen molar-refractivity contribution in [3.63, 3.8) is 0 Å². The zero-order valence-corrected chi connectivity index (χ0v) is 10.0. The van der Waals surface area contributed by atoms with Crippen LogP contribution in [0.3, 0.4) is 0 Å². The highest BCUT2D eigenvalue weighted by molar-refractivity contribution is 5.21. The molecule has 1 aromatic carbocycles. The summed E-state index contributed by atoms with van der Waals surface area (Å²) in [5, 5.41) is 0. The van der Waals surface area contributed by atoms with Crippen molar-refractivity contribution >= 4 is 0 Å². The van der Waals surface area contributed by atoms with Crippen molar-refractivity contribution in [2.75, 3.05) is 0 Å². The van der Waals surface area contributed by atoms with Crippen molar-refractivity contribution in [3.05, 3.63) is 53.6 Å². The van der Waals surface area contributed by atoms with Gasteiger partial charge in [0.1, 0.15) is 18.9 Å². The minimum Gasteiger partial charge on any atom is -0.870 e. The highest BCUT2D eigenvalue weighted by Gasteiger charge is 2.08. The van der Waals surface area contributed by atoms with Crippen LogP contribution in [0.15, 0.2) is 36.7 Å². The van der Waals surface area contributed by atoms with Gasteiger partial charge in [-0.05, 0) is 12.5 Å². The number of benzene rings is 1. The van der Waals surface area contributed by atoms with E-state index in [9.17, 15) is 0 Å². The van der Waals surface area contributed by atoms with Crippen molar-refractivity contribution in [1.29, 1.82) is 0 Å². The third kappa shape index (κ3) is 2.49. The number of hydrogen-bond donors (Lipinski definition) is 0. The largest absolute Gasteiger partial charge is 0.870 e. The number of aromatic nitrogens is 2. The van der Waals surface area contributed by atoms with Gasteiger partial charge in [-0.15, -0.1) is 0 Å². The predicted octanol–water partition coefficient (Wildman–Crippen LogP) is 1.80. The molecule has 0 spiro atoms. The van der Waals surface area contributed by atoms with E-state index in [1.54, 1.807) is 0 Å². The molecule has 16 heavy (non-hydrogen) atoms. The first-order chi connectivity index (χ1) is 7.16. The van der Waals surface area contributed by atoms with Gasteiger partial charge in [0.15, 0.2) is 0 Å². The van der Waals surface area contributed by atoms with Crippen LogP contribution in [0.25, 0.3) is 0 Å². The molecular formula is C13H18N2O. The van der Waals surface area contributed by atoms with E-state index in [2.05, 4.69) is 66.7 Å². The number of rotatable bonds is 2. The predicted molar refractivity (Wildman–Crippen MR) is 62.6 cm³/mol. The first-order valence-corrected chi connectivity index (χ1v) is 5.24. The van der Waals surface area contributed by atoms with Gasteiger partial charge in [-0.1, -0.05) is 29.8 Å². The number of imidazole rings is 1. The van der Waals surface area contributed by atoms with Crippen LogP contribution in [0.2, 0.25) is 0 Å². The van der Waals surface area contributed by atoms with Gasteiger partial charge < -0.3 is 5.48 Å². The Morgan fingerprint density at radius 2 is 1.75 bits per heavy atom.